The largest absolute Gasteiger partial charge is 0.445 e. The van der Waals surface area contributed by atoms with Crippen LogP contribution in [0, 0.1) is 11.3 Å². The molecular weight excluding hydrogens is 318 g/mol. The van der Waals surface area contributed by atoms with Gasteiger partial charge in [0.25, 0.3) is 5.91 Å². The van der Waals surface area contributed by atoms with Crippen LogP contribution in [0.25, 0.3) is 0 Å². The Kier molecular flexibility index (Phi) is 5.26. The lowest BCUT2D eigenvalue weighted by atomic mass is 10.1. The number of carbonyl (C=O) groups excluding carboxylic acids is 1. The molecular formula is C19H19N3O3. The van der Waals surface area contributed by atoms with Crippen molar-refractivity contribution in [2.24, 2.45) is 0 Å². The van der Waals surface area contributed by atoms with E-state index in [-0.39, 0.29) is 12.0 Å². The third kappa shape index (κ3) is 3.78. The van der Waals surface area contributed by atoms with Crippen molar-refractivity contribution < 1.29 is 13.9 Å². The van der Waals surface area contributed by atoms with E-state index in [2.05, 4.69) is 17.6 Å². The second kappa shape index (κ2) is 7.77. The number of hydrogen-bond acceptors (Lipinski definition) is 5. The molecule has 1 aromatic heterocycles. The maximum atomic E-state index is 12.9. The maximum Gasteiger partial charge on any atom is 0.276 e. The Morgan fingerprint density at radius 2 is 2.24 bits per heavy atom. The average Bonchev–Trinajstić information content (AvgIpc) is 3.32. The lowest BCUT2D eigenvalue weighted by Crippen LogP contribution is -2.31. The van der Waals surface area contributed by atoms with Crippen molar-refractivity contribution >= 4 is 5.91 Å². The minimum absolute atomic E-state index is 0.207. The predicted molar refractivity (Wildman–Crippen MR) is 90.5 cm³/mol. The van der Waals surface area contributed by atoms with Gasteiger partial charge in [0.15, 0.2) is 17.8 Å². The van der Waals surface area contributed by atoms with E-state index in [1.165, 1.54) is 6.39 Å². The first-order chi connectivity index (χ1) is 12.2. The van der Waals surface area contributed by atoms with Crippen LogP contribution < -0.4 is 0 Å². The minimum Gasteiger partial charge on any atom is -0.445 e. The van der Waals surface area contributed by atoms with Crippen LogP contribution >= 0.6 is 0 Å². The first kappa shape index (κ1) is 16.9. The number of aromatic nitrogens is 1. The highest BCUT2D eigenvalue weighted by Crippen LogP contribution is 2.31. The van der Waals surface area contributed by atoms with Gasteiger partial charge in [-0.1, -0.05) is 18.2 Å². The standard InChI is InChI=1S/C19H19N3O3/c1-2-9-22(12-15-7-5-14(11-20)6-8-15)19(23)17-18(25-13-21-17)16-4-3-10-24-16/h2,5-8,13,16H,1,3-4,9-10,12H2. The van der Waals surface area contributed by atoms with Gasteiger partial charge in [-0.15, -0.1) is 6.58 Å². The zero-order valence-electron chi connectivity index (χ0n) is 13.9. The van der Waals surface area contributed by atoms with Crippen molar-refractivity contribution in [2.45, 2.75) is 25.5 Å². The minimum atomic E-state index is -0.219. The molecule has 1 unspecified atom stereocenters. The summed E-state index contributed by atoms with van der Waals surface area (Å²) in [7, 11) is 0. The lowest BCUT2D eigenvalue weighted by Gasteiger charge is -2.21. The fourth-order valence-electron chi connectivity index (χ4n) is 2.86. The molecule has 1 saturated heterocycles. The van der Waals surface area contributed by atoms with Crippen LogP contribution in [0.2, 0.25) is 0 Å². The third-order valence-electron chi connectivity index (χ3n) is 4.11. The van der Waals surface area contributed by atoms with Crippen LogP contribution in [0.3, 0.4) is 0 Å². The Labute approximate surface area is 146 Å². The summed E-state index contributed by atoms with van der Waals surface area (Å²) in [5, 5.41) is 8.88. The highest BCUT2D eigenvalue weighted by Gasteiger charge is 2.30. The summed E-state index contributed by atoms with van der Waals surface area (Å²) in [6.07, 6.45) is 4.53. The lowest BCUT2D eigenvalue weighted by molar-refractivity contribution is 0.0721. The van der Waals surface area contributed by atoms with Crippen LogP contribution in [0.15, 0.2) is 47.7 Å². The Balaban J connectivity index is 1.80. The normalized spacial score (nSPS) is 16.4. The number of nitriles is 1. The van der Waals surface area contributed by atoms with E-state index in [0.717, 1.165) is 18.4 Å². The van der Waals surface area contributed by atoms with Gasteiger partial charge in [0.05, 0.1) is 11.6 Å². The second-order valence-corrected chi connectivity index (χ2v) is 5.85. The molecule has 6 nitrogen and oxygen atoms in total. The third-order valence-corrected chi connectivity index (χ3v) is 4.11. The number of nitrogens with zero attached hydrogens (tertiary/aromatic N) is 3. The van der Waals surface area contributed by atoms with Gasteiger partial charge in [-0.2, -0.15) is 5.26 Å². The summed E-state index contributed by atoms with van der Waals surface area (Å²) in [6.45, 7) is 5.18. The van der Waals surface area contributed by atoms with Gasteiger partial charge in [0, 0.05) is 19.7 Å². The molecule has 6 heteroatoms. The number of oxazole rings is 1. The number of amides is 1. The molecule has 1 aliphatic rings. The molecule has 128 valence electrons. The van der Waals surface area contributed by atoms with E-state index in [1.54, 1.807) is 23.1 Å². The van der Waals surface area contributed by atoms with Crippen LogP contribution in [0.4, 0.5) is 0 Å². The second-order valence-electron chi connectivity index (χ2n) is 5.85. The molecule has 0 spiro atoms. The van der Waals surface area contributed by atoms with Crippen molar-refractivity contribution in [3.8, 4) is 6.07 Å². The van der Waals surface area contributed by atoms with Crippen molar-refractivity contribution in [1.82, 2.24) is 9.88 Å². The van der Waals surface area contributed by atoms with Crippen molar-refractivity contribution in [2.75, 3.05) is 13.2 Å². The van der Waals surface area contributed by atoms with E-state index < -0.39 is 0 Å². The smallest absolute Gasteiger partial charge is 0.276 e. The Morgan fingerprint density at radius 1 is 1.44 bits per heavy atom. The van der Waals surface area contributed by atoms with Gasteiger partial charge >= 0.3 is 0 Å². The van der Waals surface area contributed by atoms with Crippen LogP contribution in [0.1, 0.15) is 46.3 Å². The molecule has 2 heterocycles. The van der Waals surface area contributed by atoms with E-state index in [9.17, 15) is 4.79 Å². The van der Waals surface area contributed by atoms with Gasteiger partial charge in [0.2, 0.25) is 0 Å². The highest BCUT2D eigenvalue weighted by atomic mass is 16.5. The zero-order valence-corrected chi connectivity index (χ0v) is 13.9. The quantitative estimate of drug-likeness (QED) is 0.756. The number of hydrogen-bond donors (Lipinski definition) is 0. The summed E-state index contributed by atoms with van der Waals surface area (Å²) in [5.74, 6) is 0.278. The molecule has 1 amide bonds. The molecule has 0 bridgehead atoms. The van der Waals surface area contributed by atoms with Gasteiger partial charge in [-0.25, -0.2) is 4.98 Å². The highest BCUT2D eigenvalue weighted by molar-refractivity contribution is 5.93. The fraction of sp³-hybridized carbons (Fsp3) is 0.316. The number of rotatable bonds is 6. The number of benzene rings is 1. The maximum absolute atomic E-state index is 12.9. The number of carbonyl (C=O) groups is 1. The Hall–Kier alpha value is -2.91. The molecule has 1 aliphatic heterocycles. The molecule has 0 aliphatic carbocycles. The molecule has 3 rings (SSSR count). The molecule has 0 saturated carbocycles. The Morgan fingerprint density at radius 3 is 2.88 bits per heavy atom. The summed E-state index contributed by atoms with van der Waals surface area (Å²) < 4.78 is 11.0. The van der Waals surface area contributed by atoms with Gasteiger partial charge in [0.1, 0.15) is 6.10 Å². The summed E-state index contributed by atoms with van der Waals surface area (Å²) in [6, 6.07) is 9.23. The first-order valence-electron chi connectivity index (χ1n) is 8.17. The molecule has 1 atom stereocenters. The number of ether oxygens (including phenoxy) is 1. The zero-order chi connectivity index (χ0) is 17.6. The topological polar surface area (TPSA) is 79.4 Å². The molecule has 2 aromatic rings. The Bertz CT molecular complexity index is 783. The van der Waals surface area contributed by atoms with Crippen molar-refractivity contribution in [1.29, 1.82) is 5.26 Å². The van der Waals surface area contributed by atoms with E-state index in [4.69, 9.17) is 14.4 Å². The summed E-state index contributed by atoms with van der Waals surface area (Å²) >= 11 is 0. The van der Waals surface area contributed by atoms with Crippen LogP contribution in [-0.4, -0.2) is 28.9 Å². The fourth-order valence-corrected chi connectivity index (χ4v) is 2.86. The van der Waals surface area contributed by atoms with Gasteiger partial charge in [-0.05, 0) is 30.5 Å². The molecule has 1 aromatic carbocycles. The SMILES string of the molecule is C=CCN(Cc1ccc(C#N)cc1)C(=O)c1ncoc1C1CCCO1. The van der Waals surface area contributed by atoms with E-state index >= 15 is 0 Å². The molecule has 25 heavy (non-hydrogen) atoms. The van der Waals surface area contributed by atoms with Crippen molar-refractivity contribution in [3.05, 3.63) is 65.9 Å². The molecule has 0 N–H and O–H groups in total. The van der Waals surface area contributed by atoms with Crippen LogP contribution in [0.5, 0.6) is 0 Å². The first-order valence-corrected chi connectivity index (χ1v) is 8.17. The summed E-state index contributed by atoms with van der Waals surface area (Å²) in [5.41, 5.74) is 1.81. The molecule has 0 radical (unpaired) electrons. The molecule has 1 fully saturated rings. The average molecular weight is 337 g/mol. The van der Waals surface area contributed by atoms with Gasteiger partial charge in [-0.3, -0.25) is 4.79 Å². The predicted octanol–water partition coefficient (Wildman–Crippen LogP) is 3.23. The monoisotopic (exact) mass is 337 g/mol. The van der Waals surface area contributed by atoms with Crippen LogP contribution in [-0.2, 0) is 11.3 Å². The summed E-state index contributed by atoms with van der Waals surface area (Å²) in [4.78, 5) is 18.7. The van der Waals surface area contributed by atoms with Gasteiger partial charge < -0.3 is 14.1 Å². The van der Waals surface area contributed by atoms with Crippen molar-refractivity contribution in [3.63, 3.8) is 0 Å². The van der Waals surface area contributed by atoms with E-state index in [1.807, 2.05) is 12.1 Å². The van der Waals surface area contributed by atoms with E-state index in [0.29, 0.717) is 36.7 Å².